The van der Waals surface area contributed by atoms with Crippen molar-refractivity contribution in [2.45, 2.75) is 117 Å². The van der Waals surface area contributed by atoms with Crippen molar-refractivity contribution in [2.24, 2.45) is 0 Å². The van der Waals surface area contributed by atoms with E-state index in [1.807, 2.05) is 18.2 Å². The fraction of sp³-hybridized carbons (Fsp3) is 0.243. The van der Waals surface area contributed by atoms with Crippen LogP contribution in [0.3, 0.4) is 0 Å². The van der Waals surface area contributed by atoms with Gasteiger partial charge in [-0.1, -0.05) is 183 Å². The van der Waals surface area contributed by atoms with Gasteiger partial charge in [0.1, 0.15) is 5.58 Å². The molecule has 3 aromatic heterocycles. The fourth-order valence-corrected chi connectivity index (χ4v) is 12.0. The van der Waals surface area contributed by atoms with E-state index < -0.39 is 5.89 Å². The van der Waals surface area contributed by atoms with E-state index in [4.69, 9.17) is 14.4 Å². The summed E-state index contributed by atoms with van der Waals surface area (Å²) in [5, 5.41) is 2.12. The number of hydrogen-bond donors (Lipinski definition) is 0. The van der Waals surface area contributed by atoms with Gasteiger partial charge in [0.15, 0.2) is 0 Å². The Kier molecular flexibility index (Phi) is 15.4. The number of rotatable bonds is 11. The maximum absolute atomic E-state index is 9.25. The first-order chi connectivity index (χ1) is 38.9. The molecule has 9 aromatic carbocycles. The van der Waals surface area contributed by atoms with E-state index in [1.165, 1.54) is 62.3 Å². The first kappa shape index (κ1) is 53.0. The molecule has 1 aliphatic rings. The summed E-state index contributed by atoms with van der Waals surface area (Å²) in [6, 6.07) is 73.3. The van der Waals surface area contributed by atoms with Gasteiger partial charge in [-0.05, 0) is 147 Å². The van der Waals surface area contributed by atoms with E-state index in [-0.39, 0.29) is 31.9 Å². The average molecular weight is 1220 g/mol. The van der Waals surface area contributed by atoms with Crippen molar-refractivity contribution in [2.75, 3.05) is 0 Å². The van der Waals surface area contributed by atoms with Crippen LogP contribution in [0.2, 0.25) is 0 Å². The zero-order chi connectivity index (χ0) is 55.2. The van der Waals surface area contributed by atoms with Gasteiger partial charge in [-0.15, -0.1) is 54.1 Å². The van der Waals surface area contributed by atoms with Crippen molar-refractivity contribution in [3.63, 3.8) is 0 Å². The third-order valence-electron chi connectivity index (χ3n) is 16.1. The Balaban J connectivity index is 0.000000179. The summed E-state index contributed by atoms with van der Waals surface area (Å²) in [7, 11) is 0. The maximum Gasteiger partial charge on any atom is 0.121 e. The minimum atomic E-state index is -0.541. The summed E-state index contributed by atoms with van der Waals surface area (Å²) < 4.78 is 20.7. The van der Waals surface area contributed by atoms with Crippen molar-refractivity contribution in [1.82, 2.24) is 19.1 Å². The fourth-order valence-electron chi connectivity index (χ4n) is 12.0. The van der Waals surface area contributed by atoms with E-state index in [0.717, 1.165) is 98.0 Å². The minimum absolute atomic E-state index is 0. The Morgan fingerprint density at radius 3 is 1.48 bits per heavy atom. The molecular weight excluding hydrogens is 1150 g/mol. The number of para-hydroxylation sites is 4. The molecule has 1 fully saturated rings. The summed E-state index contributed by atoms with van der Waals surface area (Å²) >= 11 is 0. The second-order valence-electron chi connectivity index (χ2n) is 22.7. The largest absolute Gasteiger partial charge is 0.501 e. The molecule has 403 valence electrons. The monoisotopic (exact) mass is 1220 g/mol. The SMILES string of the molecule is CC(C)c1cc(-c2ccccc2)cc(C(C)C)c1-n1c(-c2[c-]cccc2)nc2ccccc21.[2H]C1(c2ccc3c(c2)oc2c(-c4nc5ccccc5n4-c4c(C(C)C)cc(-c5ccccc5)cc4C(C)C)[c-]ccc23)CCCCC1.[Ir]. The first-order valence-electron chi connectivity index (χ1n) is 29.1. The Hall–Kier alpha value is -7.63. The molecule has 0 amide bonds. The normalized spacial score (nSPS) is 13.6. The van der Waals surface area contributed by atoms with E-state index in [1.54, 1.807) is 0 Å². The van der Waals surface area contributed by atoms with Crippen molar-refractivity contribution in [3.8, 4) is 56.4 Å². The summed E-state index contributed by atoms with van der Waals surface area (Å²) in [5.74, 6) is 2.50. The van der Waals surface area contributed by atoms with Gasteiger partial charge in [-0.25, -0.2) is 0 Å². The number of fused-ring (bicyclic) bond motifs is 5. The quantitative estimate of drug-likeness (QED) is 0.121. The maximum atomic E-state index is 9.25. The van der Waals surface area contributed by atoms with Crippen LogP contribution in [0.25, 0.3) is 100 Å². The van der Waals surface area contributed by atoms with Gasteiger partial charge in [-0.3, -0.25) is 9.97 Å². The summed E-state index contributed by atoms with van der Waals surface area (Å²) in [6.07, 6.45) is 5.25. The predicted molar refractivity (Wildman–Crippen MR) is 331 cm³/mol. The van der Waals surface area contributed by atoms with Crippen LogP contribution in [0.15, 0.2) is 192 Å². The molecule has 3 heterocycles. The first-order valence-corrected chi connectivity index (χ1v) is 28.6. The van der Waals surface area contributed by atoms with Gasteiger partial charge in [-0.2, -0.15) is 0 Å². The molecule has 0 saturated heterocycles. The van der Waals surface area contributed by atoms with Crippen molar-refractivity contribution < 1.29 is 25.9 Å². The molecule has 0 atom stereocenters. The Morgan fingerprint density at radius 2 is 0.963 bits per heavy atom. The number of imidazole rings is 2. The molecule has 0 aliphatic heterocycles. The Morgan fingerprint density at radius 1 is 0.475 bits per heavy atom. The third-order valence-corrected chi connectivity index (χ3v) is 16.1. The van der Waals surface area contributed by atoms with Crippen LogP contribution >= 0.6 is 0 Å². The number of nitrogens with zero attached hydrogens (tertiary/aromatic N) is 4. The average Bonchev–Trinajstić information content (AvgIpc) is 4.20. The molecule has 1 aliphatic carbocycles. The molecule has 80 heavy (non-hydrogen) atoms. The standard InChI is InChI=1S/C43H41N2O.C31H29N2.Ir/c1-27(2)36-24-32(30-16-9-6-10-17-30)25-37(28(3)4)41(36)45-39-21-12-11-20-38(39)44-43(45)35-19-13-18-34-33-23-22-31(26-40(33)46-42(34)35)29-14-7-5-8-15-29;1-21(2)26-19-25(23-13-7-5-8-14-23)20-27(22(3)4)30(26)33-29-18-12-11-17-28(29)32-31(33)24-15-9-6-10-16-24;/h6,9-13,16-18,20-29H,5,7-8,14-15H2,1-4H3;5-15,17-22H,1-4H3;/q2*-1;/i29D;;. The minimum Gasteiger partial charge on any atom is -0.501 e. The zero-order valence-corrected chi connectivity index (χ0v) is 49.7. The molecule has 12 aromatic rings. The molecule has 0 bridgehead atoms. The molecule has 0 unspecified atom stereocenters. The predicted octanol–water partition coefficient (Wildman–Crippen LogP) is 20.8. The van der Waals surface area contributed by atoms with Gasteiger partial charge in [0.25, 0.3) is 0 Å². The van der Waals surface area contributed by atoms with Crippen LogP contribution in [0, 0.1) is 12.1 Å². The molecule has 1 radical (unpaired) electrons. The van der Waals surface area contributed by atoms with Gasteiger partial charge >= 0.3 is 0 Å². The molecule has 5 nitrogen and oxygen atoms in total. The Bertz CT molecular complexity index is 4120. The molecule has 13 rings (SSSR count). The second-order valence-corrected chi connectivity index (χ2v) is 22.7. The van der Waals surface area contributed by atoms with E-state index in [9.17, 15) is 1.37 Å². The van der Waals surface area contributed by atoms with Crippen molar-refractivity contribution in [3.05, 3.63) is 228 Å². The number of benzene rings is 9. The van der Waals surface area contributed by atoms with E-state index in [0.29, 0.717) is 11.8 Å². The van der Waals surface area contributed by atoms with Crippen LogP contribution in [0.4, 0.5) is 0 Å². The van der Waals surface area contributed by atoms with E-state index >= 15 is 0 Å². The van der Waals surface area contributed by atoms with Crippen molar-refractivity contribution >= 4 is 44.0 Å². The van der Waals surface area contributed by atoms with Crippen LogP contribution < -0.4 is 0 Å². The summed E-state index contributed by atoms with van der Waals surface area (Å²) in [4.78, 5) is 10.4. The molecular formula is C74H70IrN4O-2. The van der Waals surface area contributed by atoms with Crippen LogP contribution in [-0.4, -0.2) is 19.1 Å². The van der Waals surface area contributed by atoms with Gasteiger partial charge in [0.05, 0.1) is 39.3 Å². The molecule has 6 heteroatoms. The summed E-state index contributed by atoms with van der Waals surface area (Å²) in [6.45, 7) is 18.3. The zero-order valence-electron chi connectivity index (χ0n) is 48.3. The molecule has 0 spiro atoms. The number of hydrogen-bond acceptors (Lipinski definition) is 3. The third kappa shape index (κ3) is 10.3. The number of aromatic nitrogens is 4. The van der Waals surface area contributed by atoms with Crippen LogP contribution in [0.1, 0.15) is 146 Å². The van der Waals surface area contributed by atoms with Crippen LogP contribution in [-0.2, 0) is 20.1 Å². The number of furan rings is 1. The summed E-state index contributed by atoms with van der Waals surface area (Å²) in [5.41, 5.74) is 21.3. The molecule has 1 saturated carbocycles. The smallest absolute Gasteiger partial charge is 0.121 e. The van der Waals surface area contributed by atoms with Gasteiger partial charge < -0.3 is 13.6 Å². The molecule has 0 N–H and O–H groups in total. The van der Waals surface area contributed by atoms with Gasteiger partial charge in [0.2, 0.25) is 0 Å². The topological polar surface area (TPSA) is 48.8 Å². The Labute approximate surface area is 487 Å². The van der Waals surface area contributed by atoms with E-state index in [2.05, 4.69) is 247 Å². The second kappa shape index (κ2) is 23.2. The van der Waals surface area contributed by atoms with Crippen LogP contribution in [0.5, 0.6) is 0 Å². The van der Waals surface area contributed by atoms with Gasteiger partial charge in [0, 0.05) is 38.2 Å². The van der Waals surface area contributed by atoms with Crippen molar-refractivity contribution in [1.29, 1.82) is 0 Å².